The van der Waals surface area contributed by atoms with Crippen LogP contribution in [0.15, 0.2) is 59.8 Å². The number of benzene rings is 1. The van der Waals surface area contributed by atoms with Crippen molar-refractivity contribution in [3.05, 3.63) is 60.6 Å². The standard InChI is InChI=1S/C23H25N5O2S/c1-2-6-17-15-21(18-7-3-4-9-20(18)26-17)27-11-13-28(14-12-27)31(29,30)22-16-25-23-19(22)8-5-10-24-23/h3-5,7-10,15-16H,2,6,11-14H2,1H3,(H,24,25). The third kappa shape index (κ3) is 3.55. The van der Waals surface area contributed by atoms with Crippen LogP contribution in [0.2, 0.25) is 0 Å². The smallest absolute Gasteiger partial charge is 0.245 e. The van der Waals surface area contributed by atoms with Crippen LogP contribution in [0.4, 0.5) is 5.69 Å². The summed E-state index contributed by atoms with van der Waals surface area (Å²) in [7, 11) is -3.59. The van der Waals surface area contributed by atoms with Gasteiger partial charge in [-0.1, -0.05) is 31.5 Å². The Morgan fingerprint density at radius 2 is 1.81 bits per heavy atom. The lowest BCUT2D eigenvalue weighted by Gasteiger charge is -2.36. The maximum absolute atomic E-state index is 13.3. The van der Waals surface area contributed by atoms with E-state index in [9.17, 15) is 8.42 Å². The molecule has 4 heterocycles. The number of hydrogen-bond acceptors (Lipinski definition) is 5. The van der Waals surface area contributed by atoms with Crippen LogP contribution >= 0.6 is 0 Å². The summed E-state index contributed by atoms with van der Waals surface area (Å²) in [6.07, 6.45) is 5.17. The van der Waals surface area contributed by atoms with Crippen molar-refractivity contribution < 1.29 is 8.42 Å². The minimum absolute atomic E-state index is 0.295. The summed E-state index contributed by atoms with van der Waals surface area (Å²) in [5.74, 6) is 0. The van der Waals surface area contributed by atoms with Crippen molar-refractivity contribution in [3.8, 4) is 0 Å². The molecule has 0 radical (unpaired) electrons. The van der Waals surface area contributed by atoms with Crippen LogP contribution in [0.1, 0.15) is 19.0 Å². The van der Waals surface area contributed by atoms with E-state index in [1.807, 2.05) is 18.2 Å². The fraction of sp³-hybridized carbons (Fsp3) is 0.304. The number of aromatic nitrogens is 3. The van der Waals surface area contributed by atoms with E-state index in [-0.39, 0.29) is 0 Å². The molecule has 0 aliphatic carbocycles. The number of fused-ring (bicyclic) bond motifs is 2. The van der Waals surface area contributed by atoms with Crippen molar-refractivity contribution in [3.63, 3.8) is 0 Å². The van der Waals surface area contributed by atoms with Crippen molar-refractivity contribution in [2.45, 2.75) is 24.7 Å². The van der Waals surface area contributed by atoms with Gasteiger partial charge in [0, 0.05) is 60.7 Å². The lowest BCUT2D eigenvalue weighted by Crippen LogP contribution is -2.48. The zero-order chi connectivity index (χ0) is 21.4. The van der Waals surface area contributed by atoms with Gasteiger partial charge in [-0.2, -0.15) is 4.31 Å². The predicted octanol–water partition coefficient (Wildman–Crippen LogP) is 3.57. The van der Waals surface area contributed by atoms with Gasteiger partial charge in [0.15, 0.2) is 0 Å². The summed E-state index contributed by atoms with van der Waals surface area (Å²) in [5.41, 5.74) is 3.80. The number of sulfonamides is 1. The average Bonchev–Trinajstić information content (AvgIpc) is 3.24. The SMILES string of the molecule is CCCc1cc(N2CCN(S(=O)(=O)c3c[nH]c4ncccc34)CC2)c2ccccc2n1. The topological polar surface area (TPSA) is 82.2 Å². The normalized spacial score (nSPS) is 15.7. The van der Waals surface area contributed by atoms with E-state index in [1.165, 1.54) is 0 Å². The van der Waals surface area contributed by atoms with Gasteiger partial charge in [0.2, 0.25) is 10.0 Å². The van der Waals surface area contributed by atoms with Gasteiger partial charge in [-0.15, -0.1) is 0 Å². The molecule has 3 aromatic heterocycles. The summed E-state index contributed by atoms with van der Waals surface area (Å²) >= 11 is 0. The monoisotopic (exact) mass is 435 g/mol. The number of piperazine rings is 1. The Morgan fingerprint density at radius 1 is 1.03 bits per heavy atom. The molecule has 5 rings (SSSR count). The molecular weight excluding hydrogens is 410 g/mol. The molecule has 0 atom stereocenters. The zero-order valence-corrected chi connectivity index (χ0v) is 18.3. The first-order valence-electron chi connectivity index (χ1n) is 10.6. The summed E-state index contributed by atoms with van der Waals surface area (Å²) in [4.78, 5) is 14.6. The predicted molar refractivity (Wildman–Crippen MR) is 123 cm³/mol. The number of nitrogens with zero attached hydrogens (tertiary/aromatic N) is 4. The quantitative estimate of drug-likeness (QED) is 0.518. The number of aromatic amines is 1. The Bertz CT molecular complexity index is 1340. The van der Waals surface area contributed by atoms with E-state index in [2.05, 4.69) is 33.9 Å². The van der Waals surface area contributed by atoms with Gasteiger partial charge in [0.25, 0.3) is 0 Å². The number of nitrogens with one attached hydrogen (secondary N) is 1. The highest BCUT2D eigenvalue weighted by Crippen LogP contribution is 2.30. The highest BCUT2D eigenvalue weighted by Gasteiger charge is 2.31. The molecule has 160 valence electrons. The summed E-state index contributed by atoms with van der Waals surface area (Å²) in [6.45, 7) is 4.31. The molecule has 1 N–H and O–H groups in total. The molecule has 0 bridgehead atoms. The highest BCUT2D eigenvalue weighted by atomic mass is 32.2. The zero-order valence-electron chi connectivity index (χ0n) is 17.5. The van der Waals surface area contributed by atoms with Crippen molar-refractivity contribution in [1.82, 2.24) is 19.3 Å². The Kier molecular flexibility index (Phi) is 5.11. The van der Waals surface area contributed by atoms with Gasteiger partial charge in [-0.3, -0.25) is 4.98 Å². The first-order valence-corrected chi connectivity index (χ1v) is 12.1. The van der Waals surface area contributed by atoms with Gasteiger partial charge in [-0.25, -0.2) is 13.4 Å². The van der Waals surface area contributed by atoms with Crippen LogP contribution < -0.4 is 4.90 Å². The van der Waals surface area contributed by atoms with Gasteiger partial charge >= 0.3 is 0 Å². The molecule has 4 aromatic rings. The largest absolute Gasteiger partial charge is 0.368 e. The Labute approximate surface area is 181 Å². The molecule has 1 aromatic carbocycles. The van der Waals surface area contributed by atoms with Crippen LogP contribution in [0.5, 0.6) is 0 Å². The van der Waals surface area contributed by atoms with E-state index in [1.54, 1.807) is 28.8 Å². The van der Waals surface area contributed by atoms with Crippen molar-refractivity contribution in [2.24, 2.45) is 0 Å². The molecule has 31 heavy (non-hydrogen) atoms. The number of aryl methyl sites for hydroxylation is 1. The second-order valence-electron chi connectivity index (χ2n) is 7.84. The van der Waals surface area contributed by atoms with Gasteiger partial charge in [0.05, 0.1) is 5.52 Å². The molecule has 1 aliphatic rings. The Morgan fingerprint density at radius 3 is 2.61 bits per heavy atom. The lowest BCUT2D eigenvalue weighted by molar-refractivity contribution is 0.385. The van der Waals surface area contributed by atoms with Gasteiger partial charge in [-0.05, 0) is 30.7 Å². The molecular formula is C23H25N5O2S. The van der Waals surface area contributed by atoms with Crippen LogP contribution in [0, 0.1) is 0 Å². The maximum atomic E-state index is 13.3. The van der Waals surface area contributed by atoms with Gasteiger partial charge in [0.1, 0.15) is 10.5 Å². The first kappa shape index (κ1) is 20.0. The molecule has 1 saturated heterocycles. The van der Waals surface area contributed by atoms with E-state index < -0.39 is 10.0 Å². The first-order chi connectivity index (χ1) is 15.1. The lowest BCUT2D eigenvalue weighted by atomic mass is 10.1. The molecule has 8 heteroatoms. The van der Waals surface area contributed by atoms with E-state index in [0.29, 0.717) is 42.1 Å². The summed E-state index contributed by atoms with van der Waals surface area (Å²) in [5, 5.41) is 1.75. The summed E-state index contributed by atoms with van der Waals surface area (Å²) in [6, 6.07) is 13.9. The number of rotatable bonds is 5. The fourth-order valence-corrected chi connectivity index (χ4v) is 5.88. The molecule has 0 saturated carbocycles. The summed E-state index contributed by atoms with van der Waals surface area (Å²) < 4.78 is 28.2. The number of para-hydroxylation sites is 1. The molecule has 1 fully saturated rings. The van der Waals surface area contributed by atoms with E-state index in [4.69, 9.17) is 4.98 Å². The minimum atomic E-state index is -3.59. The Hall–Kier alpha value is -2.97. The van der Waals surface area contributed by atoms with E-state index >= 15 is 0 Å². The van der Waals surface area contributed by atoms with Crippen molar-refractivity contribution >= 4 is 37.6 Å². The highest BCUT2D eigenvalue weighted by molar-refractivity contribution is 7.89. The van der Waals surface area contributed by atoms with Crippen LogP contribution in [0.3, 0.4) is 0 Å². The van der Waals surface area contributed by atoms with Crippen LogP contribution in [-0.2, 0) is 16.4 Å². The van der Waals surface area contributed by atoms with Crippen molar-refractivity contribution in [2.75, 3.05) is 31.1 Å². The third-order valence-electron chi connectivity index (χ3n) is 5.86. The number of hydrogen-bond donors (Lipinski definition) is 1. The van der Waals surface area contributed by atoms with Crippen molar-refractivity contribution in [1.29, 1.82) is 0 Å². The minimum Gasteiger partial charge on any atom is -0.368 e. The van der Waals surface area contributed by atoms with Gasteiger partial charge < -0.3 is 9.88 Å². The molecule has 7 nitrogen and oxygen atoms in total. The Balaban J connectivity index is 1.42. The third-order valence-corrected chi connectivity index (χ3v) is 7.80. The average molecular weight is 436 g/mol. The molecule has 0 spiro atoms. The number of anilines is 1. The maximum Gasteiger partial charge on any atom is 0.245 e. The number of H-pyrrole nitrogens is 1. The van der Waals surface area contributed by atoms with Crippen LogP contribution in [0.25, 0.3) is 21.9 Å². The second kappa shape index (κ2) is 7.94. The molecule has 1 aliphatic heterocycles. The van der Waals surface area contributed by atoms with Crippen LogP contribution in [-0.4, -0.2) is 53.9 Å². The second-order valence-corrected chi connectivity index (χ2v) is 9.75. The fourth-order valence-electron chi connectivity index (χ4n) is 4.31. The van der Waals surface area contributed by atoms with E-state index in [0.717, 1.165) is 35.1 Å². The molecule has 0 unspecified atom stereocenters. The molecule has 0 amide bonds. The number of pyridine rings is 2.